The van der Waals surface area contributed by atoms with E-state index in [1.807, 2.05) is 17.9 Å². The first-order valence-corrected chi connectivity index (χ1v) is 12.3. The highest BCUT2D eigenvalue weighted by atomic mass is 32.2. The van der Waals surface area contributed by atoms with E-state index in [2.05, 4.69) is 72.8 Å². The third-order valence-corrected chi connectivity index (χ3v) is 7.00. The molecule has 0 saturated carbocycles. The van der Waals surface area contributed by atoms with Gasteiger partial charge in [0.2, 0.25) is 0 Å². The number of nitrogens with zero attached hydrogens (tertiary/aromatic N) is 2. The number of benzene rings is 3. The smallest absolute Gasteiger partial charge is 0.255 e. The molecule has 5 rings (SSSR count). The molecule has 3 aromatic carbocycles. The lowest BCUT2D eigenvalue weighted by Gasteiger charge is -2.25. The highest BCUT2D eigenvalue weighted by molar-refractivity contribution is 7.98. The molecule has 1 N–H and O–H groups in total. The highest BCUT2D eigenvalue weighted by Gasteiger charge is 2.33. The summed E-state index contributed by atoms with van der Waals surface area (Å²) in [6.07, 6.45) is 3.98. The van der Waals surface area contributed by atoms with E-state index >= 15 is 0 Å². The van der Waals surface area contributed by atoms with Gasteiger partial charge in [-0.05, 0) is 68.3 Å². The zero-order valence-electron chi connectivity index (χ0n) is 18.7. The topological polar surface area (TPSA) is 49.0 Å². The van der Waals surface area contributed by atoms with Crippen LogP contribution in [-0.2, 0) is 0 Å². The van der Waals surface area contributed by atoms with Crippen LogP contribution in [0.25, 0.3) is 22.2 Å². The van der Waals surface area contributed by atoms with Crippen LogP contribution in [0, 0.1) is 13.8 Å². The fourth-order valence-electron chi connectivity index (χ4n) is 4.64. The number of carbonyl (C=O) groups excluding carboxylic acids is 1. The van der Waals surface area contributed by atoms with E-state index < -0.39 is 0 Å². The van der Waals surface area contributed by atoms with E-state index in [1.54, 1.807) is 11.8 Å². The van der Waals surface area contributed by atoms with Gasteiger partial charge in [0, 0.05) is 17.0 Å². The summed E-state index contributed by atoms with van der Waals surface area (Å²) in [6.45, 7) is 4.87. The zero-order valence-corrected chi connectivity index (χ0v) is 19.5. The summed E-state index contributed by atoms with van der Waals surface area (Å²) in [6, 6.07) is 20.8. The highest BCUT2D eigenvalue weighted by Crippen LogP contribution is 2.35. The Morgan fingerprint density at radius 1 is 1.06 bits per heavy atom. The Labute approximate surface area is 193 Å². The first kappa shape index (κ1) is 20.8. The number of aryl methyl sites for hydroxylation is 2. The van der Waals surface area contributed by atoms with Crippen molar-refractivity contribution in [2.75, 3.05) is 12.8 Å². The number of hydrogen-bond acceptors (Lipinski definition) is 3. The normalized spacial score (nSPS) is 16.1. The lowest BCUT2D eigenvalue weighted by atomic mass is 9.95. The maximum Gasteiger partial charge on any atom is 0.255 e. The Balaban J connectivity index is 1.52. The molecule has 1 aliphatic rings. The van der Waals surface area contributed by atoms with Gasteiger partial charge in [-0.3, -0.25) is 4.79 Å². The van der Waals surface area contributed by atoms with Crippen LogP contribution in [-0.4, -0.2) is 33.6 Å². The van der Waals surface area contributed by atoms with Crippen LogP contribution >= 0.6 is 11.8 Å². The minimum Gasteiger partial charge on any atom is -0.340 e. The van der Waals surface area contributed by atoms with Crippen molar-refractivity contribution >= 4 is 28.7 Å². The molecule has 0 aliphatic carbocycles. The molecule has 1 fully saturated rings. The molecule has 162 valence electrons. The molecule has 0 unspecified atom stereocenters. The summed E-state index contributed by atoms with van der Waals surface area (Å²) < 4.78 is 0. The van der Waals surface area contributed by atoms with Gasteiger partial charge in [-0.2, -0.15) is 0 Å². The largest absolute Gasteiger partial charge is 0.340 e. The summed E-state index contributed by atoms with van der Waals surface area (Å²) in [5.41, 5.74) is 7.10. The second-order valence-corrected chi connectivity index (χ2v) is 9.46. The zero-order chi connectivity index (χ0) is 22.2. The second-order valence-electron chi connectivity index (χ2n) is 8.58. The number of amides is 1. The number of hydrogen-bond donors (Lipinski definition) is 1. The summed E-state index contributed by atoms with van der Waals surface area (Å²) in [4.78, 5) is 25.4. The van der Waals surface area contributed by atoms with Crippen LogP contribution in [0.1, 0.15) is 46.2 Å². The minimum atomic E-state index is -0.0292. The van der Waals surface area contributed by atoms with E-state index in [1.165, 1.54) is 10.5 Å². The van der Waals surface area contributed by atoms with Gasteiger partial charge in [-0.25, -0.2) is 4.98 Å². The third-order valence-electron chi connectivity index (χ3n) is 6.27. The van der Waals surface area contributed by atoms with Gasteiger partial charge < -0.3 is 9.88 Å². The van der Waals surface area contributed by atoms with Crippen molar-refractivity contribution in [2.45, 2.75) is 37.6 Å². The van der Waals surface area contributed by atoms with Crippen molar-refractivity contribution < 1.29 is 4.79 Å². The Morgan fingerprint density at radius 3 is 2.72 bits per heavy atom. The predicted molar refractivity (Wildman–Crippen MR) is 132 cm³/mol. The molecule has 0 spiro atoms. The molecule has 2 heterocycles. The SMILES string of the molecule is CSc1ccc2nc([C@@H]3CCCN3C(=O)c3cc(C)ccc3-c3cccc(C)c3)[nH]c2c1. The van der Waals surface area contributed by atoms with Crippen LogP contribution in [0.4, 0.5) is 0 Å². The first-order chi connectivity index (χ1) is 15.5. The average molecular weight is 442 g/mol. The second kappa shape index (κ2) is 8.47. The molecule has 0 radical (unpaired) electrons. The number of fused-ring (bicyclic) bond motifs is 1. The lowest BCUT2D eigenvalue weighted by molar-refractivity contribution is 0.0731. The molecule has 5 heteroatoms. The Kier molecular flexibility index (Phi) is 5.51. The molecule has 4 aromatic rings. The van der Waals surface area contributed by atoms with E-state index in [9.17, 15) is 4.79 Å². The van der Waals surface area contributed by atoms with Gasteiger partial charge in [-0.1, -0.05) is 47.5 Å². The standard InChI is InChI=1S/C27H27N3OS/c1-17-6-4-7-19(14-17)21-11-9-18(2)15-22(21)27(31)30-13-5-8-25(30)26-28-23-12-10-20(32-3)16-24(23)29-26/h4,6-7,9-12,14-16,25H,5,8,13H2,1-3H3,(H,28,29)/t25-/m0/s1. The van der Waals surface area contributed by atoms with Crippen LogP contribution in [0.5, 0.6) is 0 Å². The third kappa shape index (κ3) is 3.82. The number of aromatic amines is 1. The van der Waals surface area contributed by atoms with Gasteiger partial charge in [0.15, 0.2) is 0 Å². The summed E-state index contributed by atoms with van der Waals surface area (Å²) in [7, 11) is 0. The number of carbonyl (C=O) groups is 1. The molecular formula is C27H27N3OS. The maximum atomic E-state index is 13.9. The van der Waals surface area contributed by atoms with Crippen LogP contribution in [0.2, 0.25) is 0 Å². The molecule has 4 nitrogen and oxygen atoms in total. The van der Waals surface area contributed by atoms with Gasteiger partial charge in [0.1, 0.15) is 5.82 Å². The van der Waals surface area contributed by atoms with E-state index in [0.717, 1.165) is 58.5 Å². The predicted octanol–water partition coefficient (Wildman–Crippen LogP) is 6.55. The number of nitrogens with one attached hydrogen (secondary N) is 1. The fourth-order valence-corrected chi connectivity index (χ4v) is 5.08. The molecule has 1 aromatic heterocycles. The number of rotatable bonds is 4. The van der Waals surface area contributed by atoms with Crippen LogP contribution < -0.4 is 0 Å². The molecule has 1 aliphatic heterocycles. The molecule has 0 bridgehead atoms. The summed E-state index contributed by atoms with van der Waals surface area (Å²) in [5, 5.41) is 0. The molecule has 1 saturated heterocycles. The monoisotopic (exact) mass is 441 g/mol. The minimum absolute atomic E-state index is 0.0292. The van der Waals surface area contributed by atoms with Crippen molar-refractivity contribution in [1.82, 2.24) is 14.9 Å². The van der Waals surface area contributed by atoms with Crippen molar-refractivity contribution in [3.63, 3.8) is 0 Å². The Hall–Kier alpha value is -3.05. The molecular weight excluding hydrogens is 414 g/mol. The number of H-pyrrole nitrogens is 1. The van der Waals surface area contributed by atoms with Crippen LogP contribution in [0.15, 0.2) is 65.6 Å². The van der Waals surface area contributed by atoms with Crippen LogP contribution in [0.3, 0.4) is 0 Å². The van der Waals surface area contributed by atoms with E-state index in [0.29, 0.717) is 0 Å². The van der Waals surface area contributed by atoms with Gasteiger partial charge in [-0.15, -0.1) is 11.8 Å². The van der Waals surface area contributed by atoms with E-state index in [-0.39, 0.29) is 11.9 Å². The van der Waals surface area contributed by atoms with Crippen molar-refractivity contribution in [3.05, 3.63) is 83.2 Å². The van der Waals surface area contributed by atoms with Gasteiger partial charge >= 0.3 is 0 Å². The first-order valence-electron chi connectivity index (χ1n) is 11.1. The lowest BCUT2D eigenvalue weighted by Crippen LogP contribution is -2.31. The number of thioether (sulfide) groups is 1. The number of imidazole rings is 1. The van der Waals surface area contributed by atoms with Gasteiger partial charge in [0.05, 0.1) is 17.1 Å². The van der Waals surface area contributed by atoms with Crippen molar-refractivity contribution in [2.24, 2.45) is 0 Å². The Morgan fingerprint density at radius 2 is 1.91 bits per heavy atom. The number of likely N-dealkylation sites (tertiary alicyclic amines) is 1. The summed E-state index contributed by atoms with van der Waals surface area (Å²) in [5.74, 6) is 0.965. The fraction of sp³-hybridized carbons (Fsp3) is 0.259. The van der Waals surface area contributed by atoms with Crippen molar-refractivity contribution in [3.8, 4) is 11.1 Å². The summed E-state index contributed by atoms with van der Waals surface area (Å²) >= 11 is 1.72. The quantitative estimate of drug-likeness (QED) is 0.366. The number of aromatic nitrogens is 2. The van der Waals surface area contributed by atoms with E-state index in [4.69, 9.17) is 4.98 Å². The molecule has 32 heavy (non-hydrogen) atoms. The maximum absolute atomic E-state index is 13.9. The molecule has 1 atom stereocenters. The Bertz CT molecular complexity index is 1310. The van der Waals surface area contributed by atoms with Crippen molar-refractivity contribution in [1.29, 1.82) is 0 Å². The average Bonchev–Trinajstić information content (AvgIpc) is 3.44. The molecule has 1 amide bonds. The van der Waals surface area contributed by atoms with Gasteiger partial charge in [0.25, 0.3) is 5.91 Å².